The molecule has 2 aliphatic heterocycles. The summed E-state index contributed by atoms with van der Waals surface area (Å²) in [5.41, 5.74) is 0.954. The number of morpholine rings is 1. The Kier molecular flexibility index (Phi) is 7.28. The van der Waals surface area contributed by atoms with Gasteiger partial charge >= 0.3 is 6.18 Å². The number of carbonyl (C=O) groups is 1. The molecule has 0 aromatic heterocycles. The van der Waals surface area contributed by atoms with Crippen LogP contribution in [0.15, 0.2) is 54.1 Å². The second kappa shape index (κ2) is 10.0. The number of rotatable bonds is 6. The van der Waals surface area contributed by atoms with E-state index >= 15 is 0 Å². The van der Waals surface area contributed by atoms with Gasteiger partial charge in [0.2, 0.25) is 5.91 Å². The Balaban J connectivity index is 1.61. The predicted molar refractivity (Wildman–Crippen MR) is 118 cm³/mol. The minimum absolute atomic E-state index is 0.146. The summed E-state index contributed by atoms with van der Waals surface area (Å²) in [6.07, 6.45) is -4.67. The maximum absolute atomic E-state index is 13.6. The molecule has 0 aliphatic carbocycles. The van der Waals surface area contributed by atoms with Gasteiger partial charge in [0.15, 0.2) is 6.29 Å². The zero-order valence-electron chi connectivity index (χ0n) is 18.2. The van der Waals surface area contributed by atoms with E-state index in [1.54, 1.807) is 19.1 Å². The molecule has 0 radical (unpaired) electrons. The number of nitrogens with zero attached hydrogens (tertiary/aromatic N) is 1. The van der Waals surface area contributed by atoms with Gasteiger partial charge in [-0.2, -0.15) is 13.2 Å². The highest BCUT2D eigenvalue weighted by molar-refractivity contribution is 6.31. The van der Waals surface area contributed by atoms with Crippen LogP contribution in [0, 0.1) is 5.82 Å². The van der Waals surface area contributed by atoms with Gasteiger partial charge in [-0.1, -0.05) is 23.7 Å². The summed E-state index contributed by atoms with van der Waals surface area (Å²) in [5.74, 6) is -0.566. The third kappa shape index (κ3) is 5.60. The molecule has 0 spiro atoms. The van der Waals surface area contributed by atoms with Crippen LogP contribution in [0.5, 0.6) is 0 Å². The number of ether oxygens (including phenoxy) is 2. The van der Waals surface area contributed by atoms with Gasteiger partial charge in [-0.3, -0.25) is 9.69 Å². The molecule has 0 unspecified atom stereocenters. The second-order valence-corrected chi connectivity index (χ2v) is 8.65. The van der Waals surface area contributed by atoms with Crippen molar-refractivity contribution in [3.63, 3.8) is 0 Å². The molecule has 2 aromatic rings. The van der Waals surface area contributed by atoms with E-state index in [1.165, 1.54) is 24.3 Å². The topological polar surface area (TPSA) is 50.8 Å². The van der Waals surface area contributed by atoms with Crippen molar-refractivity contribution in [2.75, 3.05) is 26.2 Å². The van der Waals surface area contributed by atoms with Crippen LogP contribution >= 0.6 is 11.6 Å². The molecule has 5 nitrogen and oxygen atoms in total. The van der Waals surface area contributed by atoms with Crippen molar-refractivity contribution in [1.29, 1.82) is 0 Å². The summed E-state index contributed by atoms with van der Waals surface area (Å²) >= 11 is 6.20. The zero-order chi connectivity index (χ0) is 24.5. The molecule has 1 saturated heterocycles. The number of carbonyl (C=O) groups excluding carboxylic acids is 1. The van der Waals surface area contributed by atoms with Gasteiger partial charge in [-0.25, -0.2) is 4.39 Å². The normalized spacial score (nSPS) is 22.4. The molecule has 2 aromatic carbocycles. The number of alkyl halides is 3. The van der Waals surface area contributed by atoms with E-state index in [0.29, 0.717) is 31.8 Å². The summed E-state index contributed by atoms with van der Waals surface area (Å²) in [4.78, 5) is 13.6. The number of amides is 1. The summed E-state index contributed by atoms with van der Waals surface area (Å²) < 4.78 is 65.3. The Labute approximate surface area is 199 Å². The lowest BCUT2D eigenvalue weighted by Gasteiger charge is -2.42. The lowest BCUT2D eigenvalue weighted by Crippen LogP contribution is -2.47. The number of hydrogen-bond donors (Lipinski definition) is 1. The molecule has 1 N–H and O–H groups in total. The maximum Gasteiger partial charge on any atom is 0.416 e. The fourth-order valence-corrected chi connectivity index (χ4v) is 4.44. The summed E-state index contributed by atoms with van der Waals surface area (Å²) in [7, 11) is 0. The smallest absolute Gasteiger partial charge is 0.349 e. The average Bonchev–Trinajstić information content (AvgIpc) is 3.19. The molecule has 10 heteroatoms. The van der Waals surface area contributed by atoms with Crippen LogP contribution < -0.4 is 5.32 Å². The van der Waals surface area contributed by atoms with E-state index < -0.39 is 36.0 Å². The largest absolute Gasteiger partial charge is 0.416 e. The Bertz CT molecular complexity index is 1070. The van der Waals surface area contributed by atoms with Crippen LogP contribution in [0.4, 0.5) is 17.6 Å². The lowest BCUT2D eigenvalue weighted by atomic mass is 10.0. The minimum Gasteiger partial charge on any atom is -0.349 e. The van der Waals surface area contributed by atoms with Crippen LogP contribution in [0.1, 0.15) is 35.8 Å². The Morgan fingerprint density at radius 1 is 1.24 bits per heavy atom. The first kappa shape index (κ1) is 24.7. The molecule has 3 atom stereocenters. The average molecular weight is 499 g/mol. The van der Waals surface area contributed by atoms with Gasteiger partial charge in [-0.15, -0.1) is 0 Å². The van der Waals surface area contributed by atoms with E-state index in [4.69, 9.17) is 21.1 Å². The standard InChI is InChI=1S/C24H23ClF4N2O3/c1-14(19-11-17(24(27,28)29)4-7-20(19)25)34-23-22(16-2-5-18(26)6-3-16)31(8-9-33-23)13-15-10-21(32)30-12-15/h2-7,10-11,14,22-23H,8-9,12-13H2,1H3,(H,30,32)/t14-,22+,23-/m1/s1. The molecule has 34 heavy (non-hydrogen) atoms. The quantitative estimate of drug-likeness (QED) is 0.568. The predicted octanol–water partition coefficient (Wildman–Crippen LogP) is 5.03. The van der Waals surface area contributed by atoms with Gasteiger partial charge in [0.25, 0.3) is 0 Å². The van der Waals surface area contributed by atoms with Crippen molar-refractivity contribution in [2.24, 2.45) is 0 Å². The van der Waals surface area contributed by atoms with E-state index in [9.17, 15) is 22.4 Å². The van der Waals surface area contributed by atoms with Crippen LogP contribution in [0.3, 0.4) is 0 Å². The number of nitrogens with one attached hydrogen (secondary N) is 1. The van der Waals surface area contributed by atoms with Crippen LogP contribution in [0.2, 0.25) is 5.02 Å². The first-order valence-corrected chi connectivity index (χ1v) is 11.1. The van der Waals surface area contributed by atoms with Gasteiger partial charge < -0.3 is 14.8 Å². The number of hydrogen-bond acceptors (Lipinski definition) is 4. The molecule has 1 fully saturated rings. The van der Waals surface area contributed by atoms with Crippen molar-refractivity contribution in [3.8, 4) is 0 Å². The molecule has 0 saturated carbocycles. The van der Waals surface area contributed by atoms with Gasteiger partial charge in [0, 0.05) is 30.7 Å². The highest BCUT2D eigenvalue weighted by Crippen LogP contribution is 2.38. The Morgan fingerprint density at radius 3 is 2.62 bits per heavy atom. The van der Waals surface area contributed by atoms with Gasteiger partial charge in [-0.05, 0) is 54.0 Å². The van der Waals surface area contributed by atoms with E-state index in [0.717, 1.165) is 17.7 Å². The number of halogens is 5. The first-order chi connectivity index (χ1) is 16.1. The van der Waals surface area contributed by atoms with Crippen molar-refractivity contribution in [2.45, 2.75) is 31.5 Å². The van der Waals surface area contributed by atoms with Crippen molar-refractivity contribution < 1.29 is 31.8 Å². The fourth-order valence-electron chi connectivity index (χ4n) is 4.16. The molecule has 1 amide bonds. The molecule has 2 heterocycles. The van der Waals surface area contributed by atoms with Gasteiger partial charge in [0.05, 0.1) is 24.3 Å². The lowest BCUT2D eigenvalue weighted by molar-refractivity contribution is -0.228. The molecular weight excluding hydrogens is 476 g/mol. The summed E-state index contributed by atoms with van der Waals surface area (Å²) in [6, 6.07) is 8.49. The Hall–Kier alpha value is -2.46. The van der Waals surface area contributed by atoms with Crippen molar-refractivity contribution >= 4 is 17.5 Å². The molecule has 0 bridgehead atoms. The highest BCUT2D eigenvalue weighted by Gasteiger charge is 2.37. The zero-order valence-corrected chi connectivity index (χ0v) is 19.0. The van der Waals surface area contributed by atoms with Crippen molar-refractivity contribution in [3.05, 3.63) is 81.6 Å². The first-order valence-electron chi connectivity index (χ1n) is 10.7. The van der Waals surface area contributed by atoms with E-state index in [-0.39, 0.29) is 16.5 Å². The van der Waals surface area contributed by atoms with Crippen LogP contribution in [-0.4, -0.2) is 43.3 Å². The number of benzene rings is 2. The van der Waals surface area contributed by atoms with Crippen LogP contribution in [0.25, 0.3) is 0 Å². The third-order valence-corrected chi connectivity index (χ3v) is 6.20. The monoisotopic (exact) mass is 498 g/mol. The summed E-state index contributed by atoms with van der Waals surface area (Å²) in [5, 5.41) is 2.88. The van der Waals surface area contributed by atoms with E-state index in [2.05, 4.69) is 5.32 Å². The second-order valence-electron chi connectivity index (χ2n) is 8.24. The van der Waals surface area contributed by atoms with Crippen LogP contribution in [-0.2, 0) is 20.4 Å². The SMILES string of the molecule is C[C@@H](O[C@H]1OCCN(CC2=CC(=O)NC2)[C@H]1c1ccc(F)cc1)c1cc(C(F)(F)F)ccc1Cl. The molecule has 182 valence electrons. The summed E-state index contributed by atoms with van der Waals surface area (Å²) in [6.45, 7) is 3.30. The highest BCUT2D eigenvalue weighted by atomic mass is 35.5. The molecule has 4 rings (SSSR count). The van der Waals surface area contributed by atoms with Gasteiger partial charge in [0.1, 0.15) is 5.82 Å². The van der Waals surface area contributed by atoms with E-state index in [1.807, 2.05) is 4.90 Å². The van der Waals surface area contributed by atoms with Crippen molar-refractivity contribution in [1.82, 2.24) is 10.2 Å². The minimum atomic E-state index is -4.52. The molecular formula is C24H23ClF4N2O3. The molecule has 2 aliphatic rings. The third-order valence-electron chi connectivity index (χ3n) is 5.85. The Morgan fingerprint density at radius 2 is 1.97 bits per heavy atom. The maximum atomic E-state index is 13.6. The fraction of sp³-hybridized carbons (Fsp3) is 0.375.